The van der Waals surface area contributed by atoms with Crippen LogP contribution in [0.3, 0.4) is 0 Å². The molecule has 2 aromatic carbocycles. The van der Waals surface area contributed by atoms with Crippen LogP contribution in [0.1, 0.15) is 23.2 Å². The summed E-state index contributed by atoms with van der Waals surface area (Å²) < 4.78 is 0. The highest BCUT2D eigenvalue weighted by Gasteiger charge is 2.36. The summed E-state index contributed by atoms with van der Waals surface area (Å²) in [7, 11) is 2.05. The third-order valence-electron chi connectivity index (χ3n) is 3.63. The molecule has 0 saturated carbocycles. The topological polar surface area (TPSA) is 15.3 Å². The molecule has 19 heavy (non-hydrogen) atoms. The third kappa shape index (κ3) is 2.22. The average molecular weight is 268 g/mol. The molecule has 0 amide bonds. The van der Waals surface area contributed by atoms with Gasteiger partial charge in [-0.2, -0.15) is 0 Å². The number of thiocarbonyl (C=S) groups is 1. The highest BCUT2D eigenvalue weighted by molar-refractivity contribution is 7.80. The van der Waals surface area contributed by atoms with Gasteiger partial charge in [-0.3, -0.25) is 0 Å². The van der Waals surface area contributed by atoms with Crippen molar-refractivity contribution in [2.24, 2.45) is 0 Å². The zero-order valence-electron chi connectivity index (χ0n) is 10.8. The Labute approximate surface area is 119 Å². The van der Waals surface area contributed by atoms with Crippen LogP contribution in [0.25, 0.3) is 0 Å². The molecule has 0 aliphatic carbocycles. The van der Waals surface area contributed by atoms with Gasteiger partial charge in [0.15, 0.2) is 5.11 Å². The maximum absolute atomic E-state index is 5.41. The smallest absolute Gasteiger partial charge is 0.169 e. The second-order valence-electron chi connectivity index (χ2n) is 4.80. The lowest BCUT2D eigenvalue weighted by atomic mass is 9.94. The fraction of sp³-hybridized carbons (Fsp3) is 0.188. The van der Waals surface area contributed by atoms with Crippen LogP contribution < -0.4 is 5.32 Å². The predicted octanol–water partition coefficient (Wildman–Crippen LogP) is 3.29. The summed E-state index contributed by atoms with van der Waals surface area (Å²) in [6.07, 6.45) is 0. The number of rotatable bonds is 2. The van der Waals surface area contributed by atoms with E-state index < -0.39 is 0 Å². The van der Waals surface area contributed by atoms with Crippen LogP contribution >= 0.6 is 12.2 Å². The van der Waals surface area contributed by atoms with Gasteiger partial charge in [0.2, 0.25) is 0 Å². The van der Waals surface area contributed by atoms with Crippen molar-refractivity contribution in [2.75, 3.05) is 7.05 Å². The van der Waals surface area contributed by atoms with Crippen LogP contribution in [0, 0.1) is 0 Å². The Kier molecular flexibility index (Phi) is 3.22. The zero-order valence-corrected chi connectivity index (χ0v) is 11.6. The summed E-state index contributed by atoms with van der Waals surface area (Å²) in [6.45, 7) is 0. The standard InChI is InChI=1S/C16H16N2S/c1-18-15(13-10-6-3-7-11-13)14(17-16(18)19)12-8-4-2-5-9-12/h2-11,14-15H,1H3,(H,17,19)/t14-,15-/m1/s1. The Hall–Kier alpha value is -1.87. The number of nitrogens with one attached hydrogen (secondary N) is 1. The third-order valence-corrected chi connectivity index (χ3v) is 4.04. The van der Waals surface area contributed by atoms with E-state index in [0.717, 1.165) is 5.11 Å². The Bertz CT molecular complexity index is 568. The van der Waals surface area contributed by atoms with E-state index in [4.69, 9.17) is 12.2 Å². The summed E-state index contributed by atoms with van der Waals surface area (Å²) in [6, 6.07) is 21.4. The van der Waals surface area contributed by atoms with Crippen LogP contribution in [0.2, 0.25) is 0 Å². The van der Waals surface area contributed by atoms with Gasteiger partial charge in [-0.1, -0.05) is 60.7 Å². The average Bonchev–Trinajstić information content (AvgIpc) is 2.77. The van der Waals surface area contributed by atoms with Crippen molar-refractivity contribution in [3.8, 4) is 0 Å². The fourth-order valence-corrected chi connectivity index (χ4v) is 2.90. The molecule has 1 heterocycles. The molecule has 0 aromatic heterocycles. The molecule has 2 nitrogen and oxygen atoms in total. The lowest BCUT2D eigenvalue weighted by Gasteiger charge is -2.24. The van der Waals surface area contributed by atoms with Crippen molar-refractivity contribution in [3.05, 3.63) is 71.8 Å². The molecule has 1 saturated heterocycles. The fourth-order valence-electron chi connectivity index (χ4n) is 2.66. The van der Waals surface area contributed by atoms with Gasteiger partial charge in [-0.15, -0.1) is 0 Å². The predicted molar refractivity (Wildman–Crippen MR) is 81.9 cm³/mol. The molecule has 1 N–H and O–H groups in total. The molecule has 0 spiro atoms. The number of likely N-dealkylation sites (N-methyl/N-ethyl adjacent to an activating group) is 1. The number of hydrogen-bond donors (Lipinski definition) is 1. The molecule has 0 radical (unpaired) electrons. The van der Waals surface area contributed by atoms with E-state index in [0.29, 0.717) is 0 Å². The number of hydrogen-bond acceptors (Lipinski definition) is 1. The maximum atomic E-state index is 5.41. The molecule has 3 rings (SSSR count). The van der Waals surface area contributed by atoms with Gasteiger partial charge in [0.1, 0.15) is 0 Å². The van der Waals surface area contributed by atoms with Crippen molar-refractivity contribution in [1.82, 2.24) is 10.2 Å². The van der Waals surface area contributed by atoms with Crippen LogP contribution in [0.4, 0.5) is 0 Å². The number of nitrogens with zero attached hydrogens (tertiary/aromatic N) is 1. The minimum atomic E-state index is 0.209. The summed E-state index contributed by atoms with van der Waals surface area (Å²) in [4.78, 5) is 2.14. The quantitative estimate of drug-likeness (QED) is 0.841. The van der Waals surface area contributed by atoms with Crippen molar-refractivity contribution < 1.29 is 0 Å². The molecule has 2 atom stereocenters. The van der Waals surface area contributed by atoms with Gasteiger partial charge in [0, 0.05) is 7.05 Å². The van der Waals surface area contributed by atoms with Crippen LogP contribution in [-0.4, -0.2) is 17.1 Å². The van der Waals surface area contributed by atoms with Gasteiger partial charge in [0.05, 0.1) is 12.1 Å². The molecule has 2 aromatic rings. The van der Waals surface area contributed by atoms with E-state index in [2.05, 4.69) is 65.8 Å². The second-order valence-corrected chi connectivity index (χ2v) is 5.19. The van der Waals surface area contributed by atoms with Crippen molar-refractivity contribution >= 4 is 17.3 Å². The molecule has 96 valence electrons. The molecular weight excluding hydrogens is 252 g/mol. The molecule has 0 unspecified atom stereocenters. The van der Waals surface area contributed by atoms with Crippen LogP contribution in [0.15, 0.2) is 60.7 Å². The first-order valence-electron chi connectivity index (χ1n) is 6.40. The normalized spacial score (nSPS) is 22.4. The van der Waals surface area contributed by atoms with Gasteiger partial charge in [-0.05, 0) is 23.3 Å². The molecular formula is C16H16N2S. The monoisotopic (exact) mass is 268 g/mol. The first kappa shape index (κ1) is 12.2. The van der Waals surface area contributed by atoms with E-state index in [9.17, 15) is 0 Å². The Morgan fingerprint density at radius 3 is 2.00 bits per heavy atom. The van der Waals surface area contributed by atoms with E-state index in [1.165, 1.54) is 11.1 Å². The van der Waals surface area contributed by atoms with E-state index in [-0.39, 0.29) is 12.1 Å². The lowest BCUT2D eigenvalue weighted by molar-refractivity contribution is 0.372. The van der Waals surface area contributed by atoms with Crippen molar-refractivity contribution in [2.45, 2.75) is 12.1 Å². The van der Waals surface area contributed by atoms with Crippen molar-refractivity contribution in [1.29, 1.82) is 0 Å². The molecule has 0 bridgehead atoms. The van der Waals surface area contributed by atoms with Gasteiger partial charge >= 0.3 is 0 Å². The highest BCUT2D eigenvalue weighted by atomic mass is 32.1. The van der Waals surface area contributed by atoms with Gasteiger partial charge < -0.3 is 10.2 Å². The van der Waals surface area contributed by atoms with Crippen LogP contribution in [0.5, 0.6) is 0 Å². The SMILES string of the molecule is CN1C(=S)N[C@H](c2ccccc2)[C@H]1c1ccccc1. The minimum Gasteiger partial charge on any atom is -0.353 e. The Morgan fingerprint density at radius 2 is 1.42 bits per heavy atom. The Balaban J connectivity index is 2.01. The summed E-state index contributed by atoms with van der Waals surface area (Å²) in [5.74, 6) is 0. The molecule has 1 aliphatic rings. The largest absolute Gasteiger partial charge is 0.353 e. The maximum Gasteiger partial charge on any atom is 0.169 e. The number of benzene rings is 2. The highest BCUT2D eigenvalue weighted by Crippen LogP contribution is 2.37. The minimum absolute atomic E-state index is 0.209. The van der Waals surface area contributed by atoms with Gasteiger partial charge in [-0.25, -0.2) is 0 Å². The zero-order chi connectivity index (χ0) is 13.2. The van der Waals surface area contributed by atoms with E-state index in [1.807, 2.05) is 12.1 Å². The first-order valence-corrected chi connectivity index (χ1v) is 6.81. The molecule has 1 aliphatic heterocycles. The summed E-state index contributed by atoms with van der Waals surface area (Å²) in [5, 5.41) is 4.23. The summed E-state index contributed by atoms with van der Waals surface area (Å²) >= 11 is 5.41. The molecule has 3 heteroatoms. The van der Waals surface area contributed by atoms with Crippen molar-refractivity contribution in [3.63, 3.8) is 0 Å². The second kappa shape index (κ2) is 5.02. The lowest BCUT2D eigenvalue weighted by Crippen LogP contribution is -2.24. The molecule has 1 fully saturated rings. The summed E-state index contributed by atoms with van der Waals surface area (Å²) in [5.41, 5.74) is 2.55. The Morgan fingerprint density at radius 1 is 0.895 bits per heavy atom. The van der Waals surface area contributed by atoms with E-state index in [1.54, 1.807) is 0 Å². The van der Waals surface area contributed by atoms with E-state index >= 15 is 0 Å². The van der Waals surface area contributed by atoms with Crippen LogP contribution in [-0.2, 0) is 0 Å². The van der Waals surface area contributed by atoms with Gasteiger partial charge in [0.25, 0.3) is 0 Å². The first-order chi connectivity index (χ1) is 9.27.